The number of aromatic nitrogens is 6. The summed E-state index contributed by atoms with van der Waals surface area (Å²) in [6.45, 7) is 6.12. The van der Waals surface area contributed by atoms with E-state index in [0.717, 1.165) is 28.1 Å². The van der Waals surface area contributed by atoms with Gasteiger partial charge >= 0.3 is 0 Å². The molecule has 0 aliphatic heterocycles. The van der Waals surface area contributed by atoms with Crippen LogP contribution in [0.3, 0.4) is 0 Å². The van der Waals surface area contributed by atoms with Gasteiger partial charge in [-0.05, 0) is 47.0 Å². The molecule has 30 heavy (non-hydrogen) atoms. The van der Waals surface area contributed by atoms with Crippen molar-refractivity contribution in [2.45, 2.75) is 32.0 Å². The number of aryl methyl sites for hydroxylation is 1. The molecule has 0 saturated carbocycles. The highest BCUT2D eigenvalue weighted by Crippen LogP contribution is 2.24. The molecule has 2 aromatic carbocycles. The molecule has 0 radical (unpaired) electrons. The van der Waals surface area contributed by atoms with Crippen molar-refractivity contribution < 1.29 is 4.79 Å². The lowest BCUT2D eigenvalue weighted by atomic mass is 10.0. The lowest BCUT2D eigenvalue weighted by molar-refractivity contribution is -0.119. The summed E-state index contributed by atoms with van der Waals surface area (Å²) < 4.78 is 1.66. The molecule has 0 saturated heterocycles. The van der Waals surface area contributed by atoms with E-state index in [1.54, 1.807) is 4.68 Å². The van der Waals surface area contributed by atoms with Crippen LogP contribution < -0.4 is 5.32 Å². The number of nitrogens with one attached hydrogen (secondary N) is 2. The molecule has 0 fully saturated rings. The van der Waals surface area contributed by atoms with Crippen LogP contribution in [0, 0.1) is 12.8 Å². The third-order valence-corrected chi connectivity index (χ3v) is 5.72. The predicted octanol–water partition coefficient (Wildman–Crippen LogP) is 3.45. The second-order valence-electron chi connectivity index (χ2n) is 7.38. The smallest absolute Gasteiger partial charge is 0.231 e. The van der Waals surface area contributed by atoms with Gasteiger partial charge in [0.15, 0.2) is 0 Å². The Morgan fingerprint density at radius 3 is 2.70 bits per heavy atom. The Bertz CT molecular complexity index is 1130. The maximum absolute atomic E-state index is 12.7. The number of thioether (sulfide) groups is 1. The number of benzene rings is 2. The van der Waals surface area contributed by atoms with Crippen LogP contribution in [0.5, 0.6) is 0 Å². The number of H-pyrrole nitrogens is 1. The number of hydrogen-bond donors (Lipinski definition) is 2. The van der Waals surface area contributed by atoms with E-state index in [1.165, 1.54) is 11.8 Å². The largest absolute Gasteiger partial charge is 0.345 e. The summed E-state index contributed by atoms with van der Waals surface area (Å²) in [5.41, 5.74) is 3.80. The Labute approximate surface area is 178 Å². The van der Waals surface area contributed by atoms with Crippen LogP contribution in [0.15, 0.2) is 53.7 Å². The Morgan fingerprint density at radius 2 is 1.93 bits per heavy atom. The van der Waals surface area contributed by atoms with Crippen molar-refractivity contribution in [1.29, 1.82) is 0 Å². The van der Waals surface area contributed by atoms with Gasteiger partial charge in [-0.2, -0.15) is 4.68 Å². The fourth-order valence-electron chi connectivity index (χ4n) is 3.24. The van der Waals surface area contributed by atoms with Crippen LogP contribution >= 0.6 is 11.8 Å². The zero-order chi connectivity index (χ0) is 21.1. The first-order valence-electron chi connectivity index (χ1n) is 9.74. The van der Waals surface area contributed by atoms with Gasteiger partial charge < -0.3 is 10.3 Å². The van der Waals surface area contributed by atoms with Crippen molar-refractivity contribution in [1.82, 2.24) is 35.5 Å². The van der Waals surface area contributed by atoms with E-state index in [1.807, 2.05) is 55.5 Å². The van der Waals surface area contributed by atoms with E-state index in [4.69, 9.17) is 0 Å². The average molecular weight is 422 g/mol. The van der Waals surface area contributed by atoms with Gasteiger partial charge in [0.1, 0.15) is 5.82 Å². The third-order valence-electron chi connectivity index (χ3n) is 4.80. The number of carbonyl (C=O) groups excluding carboxylic acids is 1. The van der Waals surface area contributed by atoms with Gasteiger partial charge in [0.2, 0.25) is 11.1 Å². The number of fused-ring (bicyclic) bond motifs is 1. The first-order valence-corrected chi connectivity index (χ1v) is 10.7. The molecule has 0 bridgehead atoms. The van der Waals surface area contributed by atoms with Crippen LogP contribution in [-0.2, 0) is 4.79 Å². The molecule has 0 spiro atoms. The van der Waals surface area contributed by atoms with Crippen molar-refractivity contribution in [3.8, 4) is 5.69 Å². The number of amides is 1. The van der Waals surface area contributed by atoms with Crippen molar-refractivity contribution in [3.63, 3.8) is 0 Å². The number of rotatable bonds is 7. The molecular weight excluding hydrogens is 398 g/mol. The van der Waals surface area contributed by atoms with Crippen molar-refractivity contribution in [2.75, 3.05) is 5.75 Å². The number of carbonyl (C=O) groups is 1. The summed E-state index contributed by atoms with van der Waals surface area (Å²) >= 11 is 1.30. The van der Waals surface area contributed by atoms with E-state index in [0.29, 0.717) is 5.16 Å². The molecule has 2 N–H and O–H groups in total. The lowest BCUT2D eigenvalue weighted by Gasteiger charge is -2.20. The number of imidazole rings is 1. The fourth-order valence-corrected chi connectivity index (χ4v) is 3.93. The minimum atomic E-state index is -0.210. The number of aromatic amines is 1. The molecule has 154 valence electrons. The van der Waals surface area contributed by atoms with E-state index in [2.05, 4.69) is 44.7 Å². The van der Waals surface area contributed by atoms with Gasteiger partial charge in [0.05, 0.1) is 28.5 Å². The quantitative estimate of drug-likeness (QED) is 0.443. The molecule has 4 rings (SSSR count). The molecule has 0 aliphatic rings. The van der Waals surface area contributed by atoms with E-state index in [-0.39, 0.29) is 23.6 Å². The minimum Gasteiger partial charge on any atom is -0.345 e. The summed E-state index contributed by atoms with van der Waals surface area (Å²) in [6.07, 6.45) is 0. The monoisotopic (exact) mass is 421 g/mol. The number of para-hydroxylation sites is 3. The Kier molecular flexibility index (Phi) is 5.80. The molecule has 9 heteroatoms. The molecule has 2 heterocycles. The summed E-state index contributed by atoms with van der Waals surface area (Å²) in [6, 6.07) is 15.5. The molecule has 8 nitrogen and oxygen atoms in total. The van der Waals surface area contributed by atoms with E-state index < -0.39 is 0 Å². The predicted molar refractivity (Wildman–Crippen MR) is 116 cm³/mol. The molecule has 1 amide bonds. The lowest BCUT2D eigenvalue weighted by Crippen LogP contribution is -2.33. The van der Waals surface area contributed by atoms with Crippen molar-refractivity contribution in [2.24, 2.45) is 5.92 Å². The van der Waals surface area contributed by atoms with E-state index in [9.17, 15) is 4.79 Å². The van der Waals surface area contributed by atoms with Crippen LogP contribution in [-0.4, -0.2) is 41.8 Å². The SMILES string of the molecule is Cc1ccccc1-n1nnnc1SCC(=O)NC(c1nc2ccccc2[nH]1)C(C)C. The van der Waals surface area contributed by atoms with E-state index >= 15 is 0 Å². The van der Waals surface area contributed by atoms with Gasteiger partial charge in [-0.3, -0.25) is 4.79 Å². The number of tetrazole rings is 1. The number of nitrogens with zero attached hydrogens (tertiary/aromatic N) is 5. The van der Waals surface area contributed by atoms with Crippen LogP contribution in [0.1, 0.15) is 31.3 Å². The summed E-state index contributed by atoms with van der Waals surface area (Å²) in [5.74, 6) is 1.04. The normalized spacial score (nSPS) is 12.4. The fraction of sp³-hybridized carbons (Fsp3) is 0.286. The molecule has 0 aliphatic carbocycles. The van der Waals surface area contributed by atoms with Gasteiger partial charge in [0.25, 0.3) is 0 Å². The summed E-state index contributed by atoms with van der Waals surface area (Å²) in [7, 11) is 0. The maximum atomic E-state index is 12.7. The van der Waals surface area contributed by atoms with Crippen molar-refractivity contribution >= 4 is 28.7 Å². The second-order valence-corrected chi connectivity index (χ2v) is 8.32. The zero-order valence-electron chi connectivity index (χ0n) is 17.0. The molecule has 1 atom stereocenters. The van der Waals surface area contributed by atoms with Gasteiger partial charge in [-0.25, -0.2) is 4.98 Å². The molecular formula is C21H23N7OS. The Morgan fingerprint density at radius 1 is 1.17 bits per heavy atom. The van der Waals surface area contributed by atoms with Crippen molar-refractivity contribution in [3.05, 3.63) is 59.9 Å². The molecule has 1 unspecified atom stereocenters. The van der Waals surface area contributed by atoms with Crippen LogP contribution in [0.25, 0.3) is 16.7 Å². The van der Waals surface area contributed by atoms with Crippen LogP contribution in [0.2, 0.25) is 0 Å². The topological polar surface area (TPSA) is 101 Å². The Hall–Kier alpha value is -3.20. The Balaban J connectivity index is 1.45. The van der Waals surface area contributed by atoms with Crippen LogP contribution in [0.4, 0.5) is 0 Å². The van der Waals surface area contributed by atoms with Gasteiger partial charge in [-0.1, -0.05) is 55.9 Å². The third kappa shape index (κ3) is 4.20. The number of hydrogen-bond acceptors (Lipinski definition) is 6. The average Bonchev–Trinajstić information content (AvgIpc) is 3.37. The molecule has 4 aromatic rings. The maximum Gasteiger partial charge on any atom is 0.231 e. The summed E-state index contributed by atoms with van der Waals surface area (Å²) in [4.78, 5) is 20.7. The molecule has 2 aromatic heterocycles. The highest BCUT2D eigenvalue weighted by atomic mass is 32.2. The standard InChI is InChI=1S/C21H23N7OS/c1-13(2)19(20-22-15-9-5-6-10-16(15)23-20)24-18(29)12-30-21-25-26-27-28(21)17-11-7-4-8-14(17)3/h4-11,13,19H,12H2,1-3H3,(H,22,23)(H,24,29). The van der Waals surface area contributed by atoms with Gasteiger partial charge in [-0.15, -0.1) is 5.10 Å². The highest BCUT2D eigenvalue weighted by Gasteiger charge is 2.22. The first-order chi connectivity index (χ1) is 14.5. The zero-order valence-corrected chi connectivity index (χ0v) is 17.8. The second kappa shape index (κ2) is 8.66. The summed E-state index contributed by atoms with van der Waals surface area (Å²) in [5, 5.41) is 15.6. The minimum absolute atomic E-state index is 0.0986. The first kappa shape index (κ1) is 20.1. The van der Waals surface area contributed by atoms with Gasteiger partial charge in [0, 0.05) is 0 Å². The highest BCUT2D eigenvalue weighted by molar-refractivity contribution is 7.99.